The standard InChI is InChI=1S/C28H33NO6/c1-5-7-15-34-22-12-10-19(17-23(22)33-6-2)25-24-26(30)20-16-18(3)9-11-21(20)35-27(24)28(31)29(25)13-8-14-32-4/h9-12,16-17,25H,5-8,13-15H2,1-4H3. The minimum absolute atomic E-state index is 0.106. The molecule has 1 aliphatic rings. The van der Waals surface area contributed by atoms with Gasteiger partial charge in [0.25, 0.3) is 5.91 Å². The third kappa shape index (κ3) is 4.91. The zero-order chi connectivity index (χ0) is 24.9. The molecule has 1 atom stereocenters. The van der Waals surface area contributed by atoms with Gasteiger partial charge in [-0.05, 0) is 56.5 Å². The minimum Gasteiger partial charge on any atom is -0.490 e. The molecule has 0 spiro atoms. The lowest BCUT2D eigenvalue weighted by molar-refractivity contribution is 0.0707. The lowest BCUT2D eigenvalue weighted by Crippen LogP contribution is -2.31. The highest BCUT2D eigenvalue weighted by molar-refractivity contribution is 5.99. The fourth-order valence-corrected chi connectivity index (χ4v) is 4.50. The number of hydrogen-bond acceptors (Lipinski definition) is 6. The van der Waals surface area contributed by atoms with Gasteiger partial charge < -0.3 is 23.5 Å². The molecular weight excluding hydrogens is 446 g/mol. The van der Waals surface area contributed by atoms with E-state index in [0.29, 0.717) is 60.8 Å². The van der Waals surface area contributed by atoms with Crippen molar-refractivity contribution in [2.75, 3.05) is 33.5 Å². The van der Waals surface area contributed by atoms with E-state index in [0.717, 1.165) is 24.0 Å². The van der Waals surface area contributed by atoms with Gasteiger partial charge >= 0.3 is 0 Å². The highest BCUT2D eigenvalue weighted by Gasteiger charge is 2.42. The summed E-state index contributed by atoms with van der Waals surface area (Å²) in [6, 6.07) is 10.5. The van der Waals surface area contributed by atoms with Gasteiger partial charge in [0, 0.05) is 20.3 Å². The van der Waals surface area contributed by atoms with Crippen molar-refractivity contribution in [2.45, 2.75) is 46.1 Å². The molecule has 1 amide bonds. The van der Waals surface area contributed by atoms with Gasteiger partial charge in [0.15, 0.2) is 16.9 Å². The van der Waals surface area contributed by atoms with Gasteiger partial charge in [-0.2, -0.15) is 0 Å². The highest BCUT2D eigenvalue weighted by Crippen LogP contribution is 2.41. The van der Waals surface area contributed by atoms with E-state index >= 15 is 0 Å². The Bertz CT molecular complexity index is 1260. The SMILES string of the molecule is CCCCOc1ccc(C2c3c(oc4ccc(C)cc4c3=O)C(=O)N2CCCOC)cc1OCC. The number of methoxy groups -OCH3 is 1. The number of rotatable bonds is 11. The van der Waals surface area contributed by atoms with Crippen molar-refractivity contribution in [3.05, 3.63) is 69.1 Å². The summed E-state index contributed by atoms with van der Waals surface area (Å²) in [7, 11) is 1.63. The van der Waals surface area contributed by atoms with E-state index in [2.05, 4.69) is 6.92 Å². The number of ether oxygens (including phenoxy) is 3. The van der Waals surface area contributed by atoms with Gasteiger partial charge in [0.05, 0.1) is 30.2 Å². The van der Waals surface area contributed by atoms with Gasteiger partial charge in [0.2, 0.25) is 5.76 Å². The maximum Gasteiger partial charge on any atom is 0.290 e. The molecule has 0 aliphatic carbocycles. The van der Waals surface area contributed by atoms with Crippen LogP contribution in [0.4, 0.5) is 0 Å². The molecule has 1 aromatic heterocycles. The normalized spacial score (nSPS) is 15.0. The maximum absolute atomic E-state index is 13.7. The molecule has 0 bridgehead atoms. The Morgan fingerprint density at radius 1 is 0.971 bits per heavy atom. The maximum atomic E-state index is 13.7. The first kappa shape index (κ1) is 24.8. The van der Waals surface area contributed by atoms with Gasteiger partial charge in [-0.15, -0.1) is 0 Å². The highest BCUT2D eigenvalue weighted by atomic mass is 16.5. The number of benzene rings is 2. The van der Waals surface area contributed by atoms with Crippen LogP contribution in [0, 0.1) is 6.92 Å². The number of carbonyl (C=O) groups is 1. The second kappa shape index (κ2) is 11.0. The largest absolute Gasteiger partial charge is 0.490 e. The first-order chi connectivity index (χ1) is 17.0. The second-order valence-corrected chi connectivity index (χ2v) is 8.76. The Kier molecular flexibility index (Phi) is 7.76. The Morgan fingerprint density at radius 2 is 1.80 bits per heavy atom. The number of nitrogens with zero attached hydrogens (tertiary/aromatic N) is 1. The smallest absolute Gasteiger partial charge is 0.290 e. The van der Waals surface area contributed by atoms with E-state index in [1.165, 1.54) is 0 Å². The third-order valence-corrected chi connectivity index (χ3v) is 6.21. The molecule has 2 aromatic carbocycles. The average molecular weight is 480 g/mol. The third-order valence-electron chi connectivity index (χ3n) is 6.21. The van der Waals surface area contributed by atoms with Crippen molar-refractivity contribution in [1.29, 1.82) is 0 Å². The van der Waals surface area contributed by atoms with Crippen molar-refractivity contribution in [3.63, 3.8) is 0 Å². The van der Waals surface area contributed by atoms with Crippen LogP contribution in [0.3, 0.4) is 0 Å². The number of aryl methyl sites for hydroxylation is 1. The molecule has 2 heterocycles. The lowest BCUT2D eigenvalue weighted by Gasteiger charge is -2.26. The van der Waals surface area contributed by atoms with Crippen molar-refractivity contribution in [3.8, 4) is 11.5 Å². The summed E-state index contributed by atoms with van der Waals surface area (Å²) in [6.07, 6.45) is 2.61. The Labute approximate surface area is 205 Å². The molecule has 0 radical (unpaired) electrons. The van der Waals surface area contributed by atoms with Crippen LogP contribution >= 0.6 is 0 Å². The molecule has 0 saturated heterocycles. The molecule has 0 fully saturated rings. The molecule has 4 rings (SSSR count). The van der Waals surface area contributed by atoms with Gasteiger partial charge in [-0.1, -0.05) is 31.0 Å². The number of hydrogen-bond donors (Lipinski definition) is 0. The fraction of sp³-hybridized carbons (Fsp3) is 0.429. The van der Waals surface area contributed by atoms with E-state index in [9.17, 15) is 9.59 Å². The average Bonchev–Trinajstić information content (AvgIpc) is 3.13. The van der Waals surface area contributed by atoms with Crippen LogP contribution in [0.5, 0.6) is 11.5 Å². The summed E-state index contributed by atoms with van der Waals surface area (Å²) < 4.78 is 23.1. The predicted octanol–water partition coefficient (Wildman–Crippen LogP) is 5.26. The summed E-state index contributed by atoms with van der Waals surface area (Å²) in [5, 5.41) is 0.477. The Hall–Kier alpha value is -3.32. The van der Waals surface area contributed by atoms with Crippen LogP contribution in [-0.4, -0.2) is 44.3 Å². The molecule has 7 heteroatoms. The Balaban J connectivity index is 1.84. The van der Waals surface area contributed by atoms with E-state index in [1.807, 2.05) is 44.2 Å². The summed E-state index contributed by atoms with van der Waals surface area (Å²) in [5.41, 5.74) is 2.33. The zero-order valence-electron chi connectivity index (χ0n) is 20.9. The monoisotopic (exact) mass is 479 g/mol. The summed E-state index contributed by atoms with van der Waals surface area (Å²) in [5.74, 6) is 1.07. The second-order valence-electron chi connectivity index (χ2n) is 8.76. The summed E-state index contributed by atoms with van der Waals surface area (Å²) in [4.78, 5) is 28.9. The summed E-state index contributed by atoms with van der Waals surface area (Å²) in [6.45, 7) is 7.95. The first-order valence-electron chi connectivity index (χ1n) is 12.3. The van der Waals surface area contributed by atoms with Crippen molar-refractivity contribution < 1.29 is 23.4 Å². The van der Waals surface area contributed by atoms with E-state index in [-0.39, 0.29) is 17.1 Å². The van der Waals surface area contributed by atoms with Crippen LogP contribution in [-0.2, 0) is 4.74 Å². The minimum atomic E-state index is -0.584. The van der Waals surface area contributed by atoms with E-state index < -0.39 is 6.04 Å². The number of carbonyl (C=O) groups excluding carboxylic acids is 1. The van der Waals surface area contributed by atoms with Crippen molar-refractivity contribution in [1.82, 2.24) is 4.90 Å². The molecule has 0 saturated carbocycles. The number of amides is 1. The van der Waals surface area contributed by atoms with E-state index in [1.54, 1.807) is 18.1 Å². The molecular formula is C28H33NO6. The summed E-state index contributed by atoms with van der Waals surface area (Å²) >= 11 is 0. The molecule has 3 aromatic rings. The van der Waals surface area contributed by atoms with Crippen LogP contribution in [0.2, 0.25) is 0 Å². The van der Waals surface area contributed by atoms with E-state index in [4.69, 9.17) is 18.6 Å². The van der Waals surface area contributed by atoms with Crippen LogP contribution in [0.1, 0.15) is 66.4 Å². The quantitative estimate of drug-likeness (QED) is 0.349. The van der Waals surface area contributed by atoms with Crippen LogP contribution in [0.25, 0.3) is 11.0 Å². The molecule has 35 heavy (non-hydrogen) atoms. The van der Waals surface area contributed by atoms with Crippen molar-refractivity contribution in [2.24, 2.45) is 0 Å². The van der Waals surface area contributed by atoms with Crippen LogP contribution < -0.4 is 14.9 Å². The molecule has 186 valence electrons. The molecule has 1 unspecified atom stereocenters. The molecule has 0 N–H and O–H groups in total. The topological polar surface area (TPSA) is 78.2 Å². The predicted molar refractivity (Wildman–Crippen MR) is 135 cm³/mol. The lowest BCUT2D eigenvalue weighted by atomic mass is 9.97. The number of fused-ring (bicyclic) bond motifs is 2. The molecule has 7 nitrogen and oxygen atoms in total. The fourth-order valence-electron chi connectivity index (χ4n) is 4.50. The van der Waals surface area contributed by atoms with Gasteiger partial charge in [0.1, 0.15) is 5.58 Å². The first-order valence-corrected chi connectivity index (χ1v) is 12.3. The molecule has 1 aliphatic heterocycles. The zero-order valence-corrected chi connectivity index (χ0v) is 20.9. The number of unbranched alkanes of at least 4 members (excludes halogenated alkanes) is 1. The van der Waals surface area contributed by atoms with Crippen molar-refractivity contribution >= 4 is 16.9 Å². The van der Waals surface area contributed by atoms with Gasteiger partial charge in [-0.3, -0.25) is 9.59 Å². The van der Waals surface area contributed by atoms with Gasteiger partial charge in [-0.25, -0.2) is 0 Å². The Morgan fingerprint density at radius 3 is 2.54 bits per heavy atom. The van der Waals surface area contributed by atoms with Crippen LogP contribution in [0.15, 0.2) is 45.6 Å².